The molecule has 1 unspecified atom stereocenters. The summed E-state index contributed by atoms with van der Waals surface area (Å²) in [6, 6.07) is 0.201. The smallest absolute Gasteiger partial charge is 0.379 e. The lowest BCUT2D eigenvalue weighted by molar-refractivity contribution is -0.253. The standard InChI is InChI=1S/C12H19F3N2O2/c1-8-6-9(2-4-16-8)10(18)17-5-3-11(19,7-17)12(13,14)15/h8-9,16,19H,2-7H2,1H3/t8-,9-,11?/m0/s1. The van der Waals surface area contributed by atoms with Crippen molar-refractivity contribution in [2.45, 2.75) is 44.0 Å². The first kappa shape index (κ1) is 14.6. The number of halogens is 3. The van der Waals surface area contributed by atoms with Crippen LogP contribution in [0, 0.1) is 5.92 Å². The molecule has 7 heteroatoms. The molecule has 2 rings (SSSR count). The summed E-state index contributed by atoms with van der Waals surface area (Å²) < 4.78 is 38.1. The summed E-state index contributed by atoms with van der Waals surface area (Å²) in [6.07, 6.45) is -3.82. The molecule has 2 heterocycles. The second-order valence-corrected chi connectivity index (χ2v) is 5.62. The van der Waals surface area contributed by atoms with Crippen molar-refractivity contribution >= 4 is 5.91 Å². The van der Waals surface area contributed by atoms with Crippen molar-refractivity contribution in [1.29, 1.82) is 0 Å². The molecule has 0 radical (unpaired) electrons. The number of nitrogens with one attached hydrogen (secondary N) is 1. The van der Waals surface area contributed by atoms with Crippen LogP contribution in [-0.4, -0.2) is 53.4 Å². The second-order valence-electron chi connectivity index (χ2n) is 5.62. The van der Waals surface area contributed by atoms with E-state index in [2.05, 4.69) is 5.32 Å². The van der Waals surface area contributed by atoms with Crippen LogP contribution >= 0.6 is 0 Å². The molecule has 0 aromatic carbocycles. The summed E-state index contributed by atoms with van der Waals surface area (Å²) in [5.41, 5.74) is -2.73. The van der Waals surface area contributed by atoms with Gasteiger partial charge in [-0.25, -0.2) is 0 Å². The molecular formula is C12H19F3N2O2. The van der Waals surface area contributed by atoms with Crippen LogP contribution in [0.15, 0.2) is 0 Å². The minimum atomic E-state index is -4.68. The third-order valence-corrected chi connectivity index (χ3v) is 4.06. The van der Waals surface area contributed by atoms with Crippen LogP contribution in [0.2, 0.25) is 0 Å². The molecule has 0 bridgehead atoms. The van der Waals surface area contributed by atoms with E-state index in [-0.39, 0.29) is 24.4 Å². The van der Waals surface area contributed by atoms with Crippen LogP contribution < -0.4 is 5.32 Å². The average molecular weight is 280 g/mol. The fraction of sp³-hybridized carbons (Fsp3) is 0.917. The van der Waals surface area contributed by atoms with Crippen molar-refractivity contribution in [3.63, 3.8) is 0 Å². The Bertz CT molecular complexity index is 361. The van der Waals surface area contributed by atoms with Gasteiger partial charge in [0.25, 0.3) is 0 Å². The lowest BCUT2D eigenvalue weighted by Gasteiger charge is -2.31. The summed E-state index contributed by atoms with van der Waals surface area (Å²) in [6.45, 7) is 2.01. The zero-order valence-electron chi connectivity index (χ0n) is 10.8. The molecule has 4 nitrogen and oxygen atoms in total. The topological polar surface area (TPSA) is 52.6 Å². The molecule has 0 aromatic heterocycles. The summed E-state index contributed by atoms with van der Waals surface area (Å²) in [7, 11) is 0. The van der Waals surface area contributed by atoms with Crippen molar-refractivity contribution in [3.05, 3.63) is 0 Å². The molecule has 110 valence electrons. The normalized spacial score (nSPS) is 36.6. The Labute approximate surface area is 110 Å². The highest BCUT2D eigenvalue weighted by atomic mass is 19.4. The van der Waals surface area contributed by atoms with Gasteiger partial charge in [0, 0.05) is 24.9 Å². The van der Waals surface area contributed by atoms with E-state index in [0.29, 0.717) is 19.4 Å². The third-order valence-electron chi connectivity index (χ3n) is 4.06. The number of carbonyl (C=O) groups is 1. The van der Waals surface area contributed by atoms with E-state index < -0.39 is 24.7 Å². The molecule has 0 saturated carbocycles. The monoisotopic (exact) mass is 280 g/mol. The Morgan fingerprint density at radius 1 is 1.47 bits per heavy atom. The van der Waals surface area contributed by atoms with Crippen LogP contribution in [0.5, 0.6) is 0 Å². The third kappa shape index (κ3) is 2.86. The van der Waals surface area contributed by atoms with Crippen LogP contribution in [-0.2, 0) is 4.79 Å². The van der Waals surface area contributed by atoms with Crippen molar-refractivity contribution < 1.29 is 23.1 Å². The number of aliphatic hydroxyl groups is 1. The first-order chi connectivity index (χ1) is 8.73. The molecule has 2 fully saturated rings. The fourth-order valence-electron chi connectivity index (χ4n) is 2.83. The Morgan fingerprint density at radius 2 is 2.16 bits per heavy atom. The zero-order chi connectivity index (χ0) is 14.3. The SMILES string of the molecule is C[C@H]1C[C@@H](C(=O)N2CCC(O)(C(F)(F)F)C2)CCN1. The highest BCUT2D eigenvalue weighted by molar-refractivity contribution is 5.79. The van der Waals surface area contributed by atoms with E-state index in [1.165, 1.54) is 0 Å². The largest absolute Gasteiger partial charge is 0.419 e. The maximum atomic E-state index is 12.7. The lowest BCUT2D eigenvalue weighted by atomic mass is 9.92. The number of amides is 1. The van der Waals surface area contributed by atoms with Crippen LogP contribution in [0.1, 0.15) is 26.2 Å². The average Bonchev–Trinajstić information content (AvgIpc) is 2.72. The number of carbonyl (C=O) groups excluding carboxylic acids is 1. The molecule has 2 N–H and O–H groups in total. The van der Waals surface area contributed by atoms with E-state index in [1.54, 1.807) is 0 Å². The minimum Gasteiger partial charge on any atom is -0.379 e. The number of piperidine rings is 1. The van der Waals surface area contributed by atoms with Gasteiger partial charge >= 0.3 is 6.18 Å². The van der Waals surface area contributed by atoms with Crippen LogP contribution in [0.4, 0.5) is 13.2 Å². The maximum Gasteiger partial charge on any atom is 0.419 e. The van der Waals surface area contributed by atoms with E-state index in [0.717, 1.165) is 4.90 Å². The minimum absolute atomic E-state index is 0.0207. The van der Waals surface area contributed by atoms with Crippen molar-refractivity contribution in [1.82, 2.24) is 10.2 Å². The van der Waals surface area contributed by atoms with Gasteiger partial charge in [0.1, 0.15) is 0 Å². The fourth-order valence-corrected chi connectivity index (χ4v) is 2.83. The number of hydrogen-bond acceptors (Lipinski definition) is 3. The van der Waals surface area contributed by atoms with Gasteiger partial charge in [-0.1, -0.05) is 0 Å². The number of likely N-dealkylation sites (tertiary alicyclic amines) is 1. The molecule has 19 heavy (non-hydrogen) atoms. The first-order valence-electron chi connectivity index (χ1n) is 6.54. The zero-order valence-corrected chi connectivity index (χ0v) is 10.8. The molecule has 0 spiro atoms. The number of β-amino-alcohol motifs (C(OH)–C–C–N with tert-alkyl or cyclic N) is 1. The number of alkyl halides is 3. The van der Waals surface area contributed by atoms with E-state index in [1.807, 2.05) is 6.92 Å². The Balaban J connectivity index is 1.99. The maximum absolute atomic E-state index is 12.7. The number of hydrogen-bond donors (Lipinski definition) is 2. The Morgan fingerprint density at radius 3 is 2.68 bits per heavy atom. The molecule has 2 aliphatic rings. The molecule has 0 aliphatic carbocycles. The van der Waals surface area contributed by atoms with Gasteiger partial charge in [0.15, 0.2) is 5.60 Å². The van der Waals surface area contributed by atoms with Gasteiger partial charge in [-0.05, 0) is 26.3 Å². The molecule has 1 amide bonds. The van der Waals surface area contributed by atoms with Gasteiger partial charge in [-0.2, -0.15) is 13.2 Å². The first-order valence-corrected chi connectivity index (χ1v) is 6.54. The highest BCUT2D eigenvalue weighted by Crippen LogP contribution is 2.38. The van der Waals surface area contributed by atoms with E-state index in [9.17, 15) is 23.1 Å². The quantitative estimate of drug-likeness (QED) is 0.750. The summed E-state index contributed by atoms with van der Waals surface area (Å²) >= 11 is 0. The van der Waals surface area contributed by atoms with Gasteiger partial charge in [-0.3, -0.25) is 4.79 Å². The van der Waals surface area contributed by atoms with Gasteiger partial charge in [-0.15, -0.1) is 0 Å². The number of nitrogens with zero attached hydrogens (tertiary/aromatic N) is 1. The molecule has 3 atom stereocenters. The summed E-state index contributed by atoms with van der Waals surface area (Å²) in [5.74, 6) is -0.486. The van der Waals surface area contributed by atoms with E-state index in [4.69, 9.17) is 0 Å². The summed E-state index contributed by atoms with van der Waals surface area (Å²) in [4.78, 5) is 13.3. The predicted octanol–water partition coefficient (Wildman–Crippen LogP) is 0.900. The van der Waals surface area contributed by atoms with Crippen molar-refractivity contribution in [2.75, 3.05) is 19.6 Å². The second kappa shape index (κ2) is 4.94. The van der Waals surface area contributed by atoms with Crippen molar-refractivity contribution in [2.24, 2.45) is 5.92 Å². The molecular weight excluding hydrogens is 261 g/mol. The van der Waals surface area contributed by atoms with Crippen LogP contribution in [0.25, 0.3) is 0 Å². The van der Waals surface area contributed by atoms with Gasteiger partial charge in [0.05, 0.1) is 6.54 Å². The van der Waals surface area contributed by atoms with Gasteiger partial charge in [0.2, 0.25) is 5.91 Å². The van der Waals surface area contributed by atoms with Crippen molar-refractivity contribution in [3.8, 4) is 0 Å². The Hall–Kier alpha value is -0.820. The Kier molecular flexibility index (Phi) is 3.79. The molecule has 2 aliphatic heterocycles. The van der Waals surface area contributed by atoms with Gasteiger partial charge < -0.3 is 15.3 Å². The van der Waals surface area contributed by atoms with Crippen LogP contribution in [0.3, 0.4) is 0 Å². The van der Waals surface area contributed by atoms with E-state index >= 15 is 0 Å². The predicted molar refractivity (Wildman–Crippen MR) is 62.4 cm³/mol. The molecule has 0 aromatic rings. The number of rotatable bonds is 1. The lowest BCUT2D eigenvalue weighted by Crippen LogP contribution is -2.49. The highest BCUT2D eigenvalue weighted by Gasteiger charge is 2.58. The summed E-state index contributed by atoms with van der Waals surface area (Å²) in [5, 5.41) is 12.8. The molecule has 2 saturated heterocycles.